The zero-order valence-electron chi connectivity index (χ0n) is 24.3. The lowest BCUT2D eigenvalue weighted by Crippen LogP contribution is -2.54. The van der Waals surface area contributed by atoms with Gasteiger partial charge in [0.05, 0.1) is 11.7 Å². The quantitative estimate of drug-likeness (QED) is 0.481. The van der Waals surface area contributed by atoms with E-state index in [-0.39, 0.29) is 50.1 Å². The number of nitrogens with one attached hydrogen (secondary N) is 1. The van der Waals surface area contributed by atoms with Gasteiger partial charge in [0.1, 0.15) is 12.4 Å². The monoisotopic (exact) mass is 578 g/mol. The Morgan fingerprint density at radius 2 is 1.93 bits per heavy atom. The van der Waals surface area contributed by atoms with Gasteiger partial charge in [-0.15, -0.1) is 0 Å². The van der Waals surface area contributed by atoms with E-state index in [1.807, 2.05) is 51.1 Å². The normalized spacial score (nSPS) is 18.8. The number of alkyl carbamates (subject to hydrolysis) is 1. The van der Waals surface area contributed by atoms with E-state index in [1.54, 1.807) is 21.9 Å². The molecule has 1 atom stereocenters. The summed E-state index contributed by atoms with van der Waals surface area (Å²) in [7, 11) is 0. The van der Waals surface area contributed by atoms with E-state index in [0.29, 0.717) is 54.8 Å². The van der Waals surface area contributed by atoms with Gasteiger partial charge in [-0.1, -0.05) is 30.3 Å². The van der Waals surface area contributed by atoms with Crippen molar-refractivity contribution in [1.29, 1.82) is 0 Å². The Morgan fingerprint density at radius 3 is 2.60 bits per heavy atom. The summed E-state index contributed by atoms with van der Waals surface area (Å²) in [5.41, 5.74) is 1.59. The van der Waals surface area contributed by atoms with Gasteiger partial charge in [-0.05, 0) is 56.9 Å². The molecule has 2 aliphatic heterocycles. The number of carbonyl (C=O) groups excluding carboxylic acids is 3. The highest BCUT2D eigenvalue weighted by molar-refractivity contribution is 6.06. The topological polar surface area (TPSA) is 129 Å². The molecule has 11 heteroatoms. The second-order valence-corrected chi connectivity index (χ2v) is 11.5. The lowest BCUT2D eigenvalue weighted by molar-refractivity contribution is -0.128. The number of benzene rings is 2. The predicted octanol–water partition coefficient (Wildman–Crippen LogP) is 4.17. The molecule has 42 heavy (non-hydrogen) atoms. The molecule has 4 amide bonds. The van der Waals surface area contributed by atoms with Crippen LogP contribution in [0, 0.1) is 6.92 Å². The van der Waals surface area contributed by atoms with Crippen LogP contribution in [0.25, 0.3) is 0 Å². The third-order valence-electron chi connectivity index (χ3n) is 8.14. The number of piperidine rings is 1. The first kappa shape index (κ1) is 29.2. The molecule has 1 saturated heterocycles. The second kappa shape index (κ2) is 11.9. The molecule has 2 aromatic rings. The number of aryl methyl sites for hydroxylation is 1. The lowest BCUT2D eigenvalue weighted by Gasteiger charge is -2.41. The van der Waals surface area contributed by atoms with Crippen LogP contribution in [0.5, 0.6) is 5.75 Å². The number of hydrogen-bond acceptors (Lipinski definition) is 6. The molecule has 5 rings (SSSR count). The average molecular weight is 579 g/mol. The van der Waals surface area contributed by atoms with Crippen molar-refractivity contribution in [1.82, 2.24) is 15.1 Å². The van der Waals surface area contributed by atoms with Crippen LogP contribution in [0.2, 0.25) is 0 Å². The van der Waals surface area contributed by atoms with E-state index in [2.05, 4.69) is 5.32 Å². The van der Waals surface area contributed by atoms with Gasteiger partial charge in [-0.25, -0.2) is 9.59 Å². The van der Waals surface area contributed by atoms with Crippen LogP contribution in [0.3, 0.4) is 0 Å². The predicted molar refractivity (Wildman–Crippen MR) is 155 cm³/mol. The molecule has 1 aliphatic carbocycles. The largest absolute Gasteiger partial charge is 0.475 e. The number of carbonyl (C=O) groups is 4. The minimum atomic E-state index is -0.987. The van der Waals surface area contributed by atoms with Crippen LogP contribution in [0.1, 0.15) is 61.0 Å². The van der Waals surface area contributed by atoms with Gasteiger partial charge in [0, 0.05) is 50.6 Å². The van der Waals surface area contributed by atoms with Crippen LogP contribution in [0.4, 0.5) is 15.3 Å². The van der Waals surface area contributed by atoms with Crippen molar-refractivity contribution in [3.05, 3.63) is 59.2 Å². The van der Waals surface area contributed by atoms with Crippen molar-refractivity contribution >= 4 is 29.7 Å². The van der Waals surface area contributed by atoms with E-state index >= 15 is 0 Å². The Morgan fingerprint density at radius 1 is 1.19 bits per heavy atom. The summed E-state index contributed by atoms with van der Waals surface area (Å²) in [5.74, 6) is 0.115. The molecule has 2 heterocycles. The van der Waals surface area contributed by atoms with Gasteiger partial charge in [-0.2, -0.15) is 0 Å². The smallest absolute Gasteiger partial charge is 0.407 e. The maximum Gasteiger partial charge on any atom is 0.407 e. The molecule has 1 saturated carbocycles. The Bertz CT molecular complexity index is 1360. The first-order valence-electron chi connectivity index (χ1n) is 14.5. The first-order chi connectivity index (χ1) is 20.1. The zero-order chi connectivity index (χ0) is 30.0. The maximum atomic E-state index is 14.0. The number of rotatable bonds is 8. The Balaban J connectivity index is 1.34. The number of nitrogens with zero attached hydrogens (tertiary/aromatic N) is 3. The number of fused-ring (bicyclic) bond motifs is 1. The van der Waals surface area contributed by atoms with Crippen molar-refractivity contribution in [3.63, 3.8) is 0 Å². The molecule has 0 aromatic heterocycles. The number of amides is 4. The minimum Gasteiger partial charge on any atom is -0.475 e. The standard InChI is InChI=1S/C31H38N4O7/c1-20(2)35(23-10-7-14-33(18-23)30(39)40)27(36)24-17-25-26(16-21(24)3)42-31(11-12-31)28(37)34(25)15-13-32-29(38)41-19-22-8-5-4-6-9-22/h4-6,8-9,16-17,20,23H,7,10-15,18-19H2,1-3H3,(H,32,38)(H,39,40)/t23-/m1/s1. The number of carboxylic acid groups (broad SMARTS) is 1. The summed E-state index contributed by atoms with van der Waals surface area (Å²) in [6.07, 6.45) is 1.03. The van der Waals surface area contributed by atoms with Crippen molar-refractivity contribution in [2.75, 3.05) is 31.1 Å². The fourth-order valence-electron chi connectivity index (χ4n) is 5.81. The van der Waals surface area contributed by atoms with Crippen LogP contribution < -0.4 is 15.0 Å². The van der Waals surface area contributed by atoms with Gasteiger partial charge >= 0.3 is 12.2 Å². The minimum absolute atomic E-state index is 0.136. The summed E-state index contributed by atoms with van der Waals surface area (Å²) >= 11 is 0. The molecule has 0 radical (unpaired) electrons. The number of ether oxygens (including phenoxy) is 2. The summed E-state index contributed by atoms with van der Waals surface area (Å²) in [6, 6.07) is 12.4. The average Bonchev–Trinajstić information content (AvgIpc) is 3.74. The van der Waals surface area contributed by atoms with Crippen LogP contribution in [-0.2, 0) is 16.1 Å². The lowest BCUT2D eigenvalue weighted by atomic mass is 9.98. The maximum absolute atomic E-state index is 14.0. The summed E-state index contributed by atoms with van der Waals surface area (Å²) in [4.78, 5) is 56.2. The fourth-order valence-corrected chi connectivity index (χ4v) is 5.81. The third-order valence-corrected chi connectivity index (χ3v) is 8.14. The molecule has 1 spiro atoms. The van der Waals surface area contributed by atoms with Gasteiger partial charge < -0.3 is 34.6 Å². The van der Waals surface area contributed by atoms with E-state index in [4.69, 9.17) is 9.47 Å². The van der Waals surface area contributed by atoms with Crippen LogP contribution in [0.15, 0.2) is 42.5 Å². The van der Waals surface area contributed by atoms with Gasteiger partial charge in [-0.3, -0.25) is 9.59 Å². The Hall–Kier alpha value is -4.28. The van der Waals surface area contributed by atoms with E-state index in [0.717, 1.165) is 5.56 Å². The first-order valence-corrected chi connectivity index (χ1v) is 14.5. The fraction of sp³-hybridized carbons (Fsp3) is 0.484. The van der Waals surface area contributed by atoms with Crippen LogP contribution in [-0.4, -0.2) is 82.8 Å². The third kappa shape index (κ3) is 6.00. The van der Waals surface area contributed by atoms with Crippen molar-refractivity contribution in [2.24, 2.45) is 0 Å². The molecule has 0 unspecified atom stereocenters. The highest BCUT2D eigenvalue weighted by Crippen LogP contribution is 2.50. The number of likely N-dealkylation sites (tertiary alicyclic amines) is 1. The molecule has 3 aliphatic rings. The number of hydrogen-bond donors (Lipinski definition) is 2. The Kier molecular flexibility index (Phi) is 8.29. The molecule has 2 fully saturated rings. The van der Waals surface area contributed by atoms with E-state index < -0.39 is 17.8 Å². The highest BCUT2D eigenvalue weighted by atomic mass is 16.5. The highest BCUT2D eigenvalue weighted by Gasteiger charge is 2.58. The molecule has 0 bridgehead atoms. The number of anilines is 1. The SMILES string of the molecule is Cc1cc2c(cc1C(=O)N(C(C)C)[C@@H]1CCCN(C(=O)O)C1)N(CCNC(=O)OCc1ccccc1)C(=O)C1(CC1)O2. The summed E-state index contributed by atoms with van der Waals surface area (Å²) < 4.78 is 11.5. The molecule has 2 N–H and O–H groups in total. The molecular formula is C31H38N4O7. The Labute approximate surface area is 245 Å². The molecular weight excluding hydrogens is 540 g/mol. The zero-order valence-corrected chi connectivity index (χ0v) is 24.3. The molecule has 224 valence electrons. The molecule has 2 aromatic carbocycles. The summed E-state index contributed by atoms with van der Waals surface area (Å²) in [5, 5.41) is 12.2. The van der Waals surface area contributed by atoms with E-state index in [1.165, 1.54) is 4.90 Å². The summed E-state index contributed by atoms with van der Waals surface area (Å²) in [6.45, 7) is 6.85. The van der Waals surface area contributed by atoms with Crippen molar-refractivity contribution < 1.29 is 33.8 Å². The van der Waals surface area contributed by atoms with Crippen molar-refractivity contribution in [3.8, 4) is 5.75 Å². The molecule has 11 nitrogen and oxygen atoms in total. The second-order valence-electron chi connectivity index (χ2n) is 11.5. The van der Waals surface area contributed by atoms with Gasteiger partial charge in [0.15, 0.2) is 5.60 Å². The van der Waals surface area contributed by atoms with Gasteiger partial charge in [0.25, 0.3) is 11.8 Å². The van der Waals surface area contributed by atoms with E-state index in [9.17, 15) is 24.3 Å². The van der Waals surface area contributed by atoms with Crippen molar-refractivity contribution in [2.45, 2.75) is 70.7 Å². The van der Waals surface area contributed by atoms with Gasteiger partial charge in [0.2, 0.25) is 0 Å². The van der Waals surface area contributed by atoms with Crippen LogP contribution >= 0.6 is 0 Å².